The van der Waals surface area contributed by atoms with Gasteiger partial charge in [-0.2, -0.15) is 18.2 Å². The number of benzene rings is 2. The van der Waals surface area contributed by atoms with Gasteiger partial charge in [0.2, 0.25) is 11.8 Å². The Kier molecular flexibility index (Phi) is 7.84. The number of anilines is 5. The number of rotatable bonds is 6. The van der Waals surface area contributed by atoms with Gasteiger partial charge in [0.15, 0.2) is 5.58 Å². The zero-order valence-corrected chi connectivity index (χ0v) is 20.0. The number of nitrogens with one attached hydrogen (secondary N) is 3. The van der Waals surface area contributed by atoms with Gasteiger partial charge in [-0.25, -0.2) is 14.6 Å². The van der Waals surface area contributed by atoms with E-state index in [0.29, 0.717) is 16.8 Å². The minimum Gasteiger partial charge on any atom is -0.475 e. The molecular weight excluding hydrogens is 515 g/mol. The topological polar surface area (TPSA) is 180 Å². The van der Waals surface area contributed by atoms with E-state index < -0.39 is 22.8 Å². The number of nitrogens with zero attached hydrogens (tertiary/aromatic N) is 4. The minimum atomic E-state index is -5.08. The summed E-state index contributed by atoms with van der Waals surface area (Å²) < 4.78 is 36.7. The molecule has 0 saturated heterocycles. The lowest BCUT2D eigenvalue weighted by Gasteiger charge is -2.17. The van der Waals surface area contributed by atoms with Crippen LogP contribution in [-0.4, -0.2) is 51.2 Å². The molecule has 0 atom stereocenters. The molecule has 0 bridgehead atoms. The first kappa shape index (κ1) is 27.4. The van der Waals surface area contributed by atoms with Crippen molar-refractivity contribution in [3.63, 3.8) is 0 Å². The number of oxazole rings is 1. The van der Waals surface area contributed by atoms with Crippen LogP contribution in [0.1, 0.15) is 5.56 Å². The number of nitro groups is 1. The predicted molar refractivity (Wildman–Crippen MR) is 131 cm³/mol. The fourth-order valence-corrected chi connectivity index (χ4v) is 3.13. The molecular formula is C22H20F3N7O6. The van der Waals surface area contributed by atoms with Gasteiger partial charge in [0.25, 0.3) is 0 Å². The van der Waals surface area contributed by atoms with Crippen LogP contribution in [0.5, 0.6) is 0 Å². The molecule has 0 spiro atoms. The molecule has 2 aromatic heterocycles. The number of aromatic amines is 1. The molecule has 0 aliphatic rings. The van der Waals surface area contributed by atoms with Crippen LogP contribution in [-0.2, 0) is 4.79 Å². The first-order valence-corrected chi connectivity index (χ1v) is 10.5. The van der Waals surface area contributed by atoms with Crippen LogP contribution in [0.3, 0.4) is 0 Å². The van der Waals surface area contributed by atoms with Crippen molar-refractivity contribution in [3.05, 3.63) is 68.8 Å². The van der Waals surface area contributed by atoms with Crippen LogP contribution >= 0.6 is 0 Å². The lowest BCUT2D eigenvalue weighted by molar-refractivity contribution is -0.384. The number of carbonyl (C=O) groups is 1. The van der Waals surface area contributed by atoms with E-state index in [1.807, 2.05) is 44.1 Å². The van der Waals surface area contributed by atoms with Gasteiger partial charge in [0, 0.05) is 31.2 Å². The largest absolute Gasteiger partial charge is 0.490 e. The lowest BCUT2D eigenvalue weighted by Crippen LogP contribution is -2.21. The summed E-state index contributed by atoms with van der Waals surface area (Å²) in [6.07, 6.45) is -3.95. The van der Waals surface area contributed by atoms with Gasteiger partial charge in [0.05, 0.1) is 10.4 Å². The Morgan fingerprint density at radius 3 is 2.39 bits per heavy atom. The van der Waals surface area contributed by atoms with E-state index in [2.05, 4.69) is 25.6 Å². The average molecular weight is 535 g/mol. The second-order valence-corrected chi connectivity index (χ2v) is 7.86. The van der Waals surface area contributed by atoms with E-state index in [9.17, 15) is 28.1 Å². The highest BCUT2D eigenvalue weighted by atomic mass is 19.4. The Morgan fingerprint density at radius 2 is 1.79 bits per heavy atom. The first-order valence-electron chi connectivity index (χ1n) is 10.5. The van der Waals surface area contributed by atoms with Gasteiger partial charge < -0.3 is 25.1 Å². The van der Waals surface area contributed by atoms with Gasteiger partial charge in [-0.05, 0) is 42.8 Å². The van der Waals surface area contributed by atoms with E-state index in [4.69, 9.17) is 14.3 Å². The van der Waals surface area contributed by atoms with Crippen molar-refractivity contribution in [1.82, 2.24) is 15.0 Å². The van der Waals surface area contributed by atoms with Crippen molar-refractivity contribution in [3.8, 4) is 0 Å². The van der Waals surface area contributed by atoms with Crippen molar-refractivity contribution in [2.75, 3.05) is 29.6 Å². The number of hydrogen-bond acceptors (Lipinski definition) is 10. The SMILES string of the molecule is Cc1ccc(Nc2ncc([N+](=O)[O-])c(Nc3ccc4oc(=O)[nH]c4c3)n2)cc1N(C)C.O=C(O)C(F)(F)F. The lowest BCUT2D eigenvalue weighted by atomic mass is 10.1. The first-order chi connectivity index (χ1) is 17.7. The molecule has 4 aromatic rings. The Labute approximate surface area is 211 Å². The fraction of sp³-hybridized carbons (Fsp3) is 0.182. The Morgan fingerprint density at radius 1 is 1.16 bits per heavy atom. The molecule has 2 aromatic carbocycles. The number of hydrogen-bond donors (Lipinski definition) is 4. The van der Waals surface area contributed by atoms with Crippen LogP contribution in [0.15, 0.2) is 51.8 Å². The minimum absolute atomic E-state index is 0.00707. The van der Waals surface area contributed by atoms with Crippen LogP contribution in [0.2, 0.25) is 0 Å². The highest BCUT2D eigenvalue weighted by Crippen LogP contribution is 2.29. The van der Waals surface area contributed by atoms with E-state index in [1.54, 1.807) is 18.2 Å². The molecule has 13 nitrogen and oxygen atoms in total. The molecule has 0 saturated carbocycles. The van der Waals surface area contributed by atoms with Gasteiger partial charge in [-0.15, -0.1) is 0 Å². The van der Waals surface area contributed by atoms with E-state index in [-0.39, 0.29) is 17.5 Å². The van der Waals surface area contributed by atoms with E-state index >= 15 is 0 Å². The van der Waals surface area contributed by atoms with E-state index in [0.717, 1.165) is 23.1 Å². The summed E-state index contributed by atoms with van der Waals surface area (Å²) in [6.45, 7) is 2.01. The number of H-pyrrole nitrogens is 1. The summed E-state index contributed by atoms with van der Waals surface area (Å²) in [5.74, 6) is -3.14. The molecule has 0 unspecified atom stereocenters. The summed E-state index contributed by atoms with van der Waals surface area (Å²) in [4.78, 5) is 44.0. The average Bonchev–Trinajstić information content (AvgIpc) is 3.19. The molecule has 0 aliphatic carbocycles. The van der Waals surface area contributed by atoms with Crippen molar-refractivity contribution < 1.29 is 32.4 Å². The molecule has 4 N–H and O–H groups in total. The van der Waals surface area contributed by atoms with Crippen LogP contribution in [0, 0.1) is 17.0 Å². The Bertz CT molecular complexity index is 1550. The molecule has 4 rings (SSSR count). The number of halogens is 3. The fourth-order valence-electron chi connectivity index (χ4n) is 3.13. The maximum atomic E-state index is 11.5. The molecule has 0 radical (unpaired) electrons. The molecule has 16 heteroatoms. The van der Waals surface area contributed by atoms with E-state index in [1.165, 1.54) is 0 Å². The zero-order chi connectivity index (χ0) is 28.2. The summed E-state index contributed by atoms with van der Waals surface area (Å²) >= 11 is 0. The predicted octanol–water partition coefficient (Wildman–Crippen LogP) is 4.31. The van der Waals surface area contributed by atoms with Crippen molar-refractivity contribution in [1.29, 1.82) is 0 Å². The number of alkyl halides is 3. The Hall–Kier alpha value is -5.15. The number of aryl methyl sites for hydroxylation is 1. The van der Waals surface area contributed by atoms with Gasteiger partial charge >= 0.3 is 23.6 Å². The van der Waals surface area contributed by atoms with Gasteiger partial charge in [-0.1, -0.05) is 6.07 Å². The Balaban J connectivity index is 0.000000505. The summed E-state index contributed by atoms with van der Waals surface area (Å²) in [6, 6.07) is 10.6. The zero-order valence-electron chi connectivity index (χ0n) is 20.0. The van der Waals surface area contributed by atoms with Gasteiger partial charge in [-0.3, -0.25) is 15.1 Å². The molecule has 0 amide bonds. The van der Waals surface area contributed by atoms with Crippen molar-refractivity contribution in [2.24, 2.45) is 0 Å². The summed E-state index contributed by atoms with van der Waals surface area (Å²) in [5, 5.41) is 24.6. The van der Waals surface area contributed by atoms with Crippen LogP contribution in [0.25, 0.3) is 11.1 Å². The maximum absolute atomic E-state index is 11.5. The summed E-state index contributed by atoms with van der Waals surface area (Å²) in [7, 11) is 3.89. The molecule has 0 aliphatic heterocycles. The van der Waals surface area contributed by atoms with Crippen LogP contribution in [0.4, 0.5) is 47.7 Å². The summed E-state index contributed by atoms with van der Waals surface area (Å²) in [5.41, 5.74) is 3.91. The standard InChI is InChI=1S/C20H19N7O4.C2HF3O2/c1-11-4-5-13(9-15(11)26(2)3)23-19-21-10-16(27(29)30)18(25-19)22-12-6-7-17-14(8-12)24-20(28)31-17;3-2(4,5)1(6)7/h4-10H,1-3H3,(H,24,28)(H2,21,22,23,25);(H,6,7). The molecule has 0 fully saturated rings. The quantitative estimate of drug-likeness (QED) is 0.204. The highest BCUT2D eigenvalue weighted by Gasteiger charge is 2.38. The number of aromatic nitrogens is 3. The second kappa shape index (κ2) is 10.9. The maximum Gasteiger partial charge on any atom is 0.490 e. The number of carboxylic acid groups (broad SMARTS) is 1. The normalized spacial score (nSPS) is 10.9. The molecule has 2 heterocycles. The molecule has 200 valence electrons. The smallest absolute Gasteiger partial charge is 0.475 e. The van der Waals surface area contributed by atoms with Crippen LogP contribution < -0.4 is 21.3 Å². The van der Waals surface area contributed by atoms with Crippen molar-refractivity contribution >= 4 is 51.6 Å². The third kappa shape index (κ3) is 6.74. The van der Waals surface area contributed by atoms with Gasteiger partial charge in [0.1, 0.15) is 6.20 Å². The second-order valence-electron chi connectivity index (χ2n) is 7.86. The number of fused-ring (bicyclic) bond motifs is 1. The number of aliphatic carboxylic acids is 1. The molecule has 38 heavy (non-hydrogen) atoms. The highest BCUT2D eigenvalue weighted by molar-refractivity contribution is 5.79. The monoisotopic (exact) mass is 535 g/mol. The third-order valence-corrected chi connectivity index (χ3v) is 4.84. The van der Waals surface area contributed by atoms with Crippen molar-refractivity contribution in [2.45, 2.75) is 13.1 Å². The number of carboxylic acids is 1. The third-order valence-electron chi connectivity index (χ3n) is 4.84.